The van der Waals surface area contributed by atoms with Crippen molar-refractivity contribution in [3.8, 4) is 11.5 Å². The van der Waals surface area contributed by atoms with Crippen LogP contribution < -0.4 is 20.1 Å². The molecule has 1 aliphatic heterocycles. The van der Waals surface area contributed by atoms with Gasteiger partial charge in [-0.05, 0) is 42.0 Å². The van der Waals surface area contributed by atoms with E-state index < -0.39 is 0 Å². The standard InChI is InChI=1S/C22H20N2O3S/c25-22(24-13-16-10-11-19-20(12-16)27-15-26-19)14-23-18-8-4-5-9-21(18)28-17-6-2-1-3-7-17/h1-12,23H,13-15H2,(H,24,25). The molecule has 0 saturated heterocycles. The molecule has 6 heteroatoms. The Bertz CT molecular complexity index is 963. The third kappa shape index (κ3) is 4.58. The predicted octanol–water partition coefficient (Wildman–Crippen LogP) is 4.29. The van der Waals surface area contributed by atoms with E-state index in [0.717, 1.165) is 32.5 Å². The fourth-order valence-corrected chi connectivity index (χ4v) is 3.75. The van der Waals surface area contributed by atoms with Gasteiger partial charge in [0.05, 0.1) is 6.54 Å². The Morgan fingerprint density at radius 3 is 2.61 bits per heavy atom. The lowest BCUT2D eigenvalue weighted by Crippen LogP contribution is -2.29. The predicted molar refractivity (Wildman–Crippen MR) is 110 cm³/mol. The molecule has 1 heterocycles. The van der Waals surface area contributed by atoms with Crippen LogP contribution in [0.4, 0.5) is 5.69 Å². The molecule has 0 bridgehead atoms. The lowest BCUT2D eigenvalue weighted by molar-refractivity contribution is -0.119. The summed E-state index contributed by atoms with van der Waals surface area (Å²) < 4.78 is 10.7. The van der Waals surface area contributed by atoms with Gasteiger partial charge in [0.1, 0.15) is 0 Å². The highest BCUT2D eigenvalue weighted by Crippen LogP contribution is 2.33. The summed E-state index contributed by atoms with van der Waals surface area (Å²) in [5.74, 6) is 1.39. The van der Waals surface area contributed by atoms with Gasteiger partial charge in [-0.25, -0.2) is 0 Å². The fraction of sp³-hybridized carbons (Fsp3) is 0.136. The lowest BCUT2D eigenvalue weighted by atomic mass is 10.2. The average molecular weight is 392 g/mol. The average Bonchev–Trinajstić information content (AvgIpc) is 3.20. The van der Waals surface area contributed by atoms with Crippen molar-refractivity contribution in [2.75, 3.05) is 18.7 Å². The van der Waals surface area contributed by atoms with E-state index in [1.807, 2.05) is 60.7 Å². The molecule has 0 radical (unpaired) electrons. The number of anilines is 1. The zero-order valence-corrected chi connectivity index (χ0v) is 16.0. The highest BCUT2D eigenvalue weighted by Gasteiger charge is 2.13. The molecule has 1 aliphatic rings. The number of hydrogen-bond acceptors (Lipinski definition) is 5. The van der Waals surface area contributed by atoms with Gasteiger partial charge in [-0.3, -0.25) is 4.79 Å². The zero-order chi connectivity index (χ0) is 19.2. The number of nitrogens with one attached hydrogen (secondary N) is 2. The van der Waals surface area contributed by atoms with Crippen molar-refractivity contribution in [3.05, 3.63) is 78.4 Å². The summed E-state index contributed by atoms with van der Waals surface area (Å²) in [5, 5.41) is 6.16. The normalized spacial score (nSPS) is 11.9. The summed E-state index contributed by atoms with van der Waals surface area (Å²) in [6.45, 7) is 0.893. The highest BCUT2D eigenvalue weighted by atomic mass is 32.2. The number of hydrogen-bond donors (Lipinski definition) is 2. The van der Waals surface area contributed by atoms with Crippen molar-refractivity contribution in [3.63, 3.8) is 0 Å². The maximum atomic E-state index is 12.3. The fourth-order valence-electron chi connectivity index (χ4n) is 2.81. The molecule has 0 saturated carbocycles. The summed E-state index contributed by atoms with van der Waals surface area (Å²) in [6.07, 6.45) is 0. The SMILES string of the molecule is O=C(CNc1ccccc1Sc1ccccc1)NCc1ccc2c(c1)OCO2. The van der Waals surface area contributed by atoms with E-state index in [2.05, 4.69) is 22.8 Å². The van der Waals surface area contributed by atoms with Crippen molar-refractivity contribution in [2.24, 2.45) is 0 Å². The molecule has 1 amide bonds. The summed E-state index contributed by atoms with van der Waals surface area (Å²) in [5.41, 5.74) is 1.91. The van der Waals surface area contributed by atoms with Crippen LogP contribution in [0.3, 0.4) is 0 Å². The first-order valence-electron chi connectivity index (χ1n) is 8.99. The van der Waals surface area contributed by atoms with Crippen LogP contribution >= 0.6 is 11.8 Å². The second-order valence-corrected chi connectivity index (χ2v) is 7.34. The molecule has 0 fully saturated rings. The Labute approximate surface area is 168 Å². The lowest BCUT2D eigenvalue weighted by Gasteiger charge is -2.12. The van der Waals surface area contributed by atoms with Crippen molar-refractivity contribution in [1.29, 1.82) is 0 Å². The Hall–Kier alpha value is -3.12. The third-order valence-corrected chi connectivity index (χ3v) is 5.31. The molecule has 3 aromatic rings. The molecule has 28 heavy (non-hydrogen) atoms. The van der Waals surface area contributed by atoms with E-state index in [1.54, 1.807) is 11.8 Å². The highest BCUT2D eigenvalue weighted by molar-refractivity contribution is 7.99. The van der Waals surface area contributed by atoms with Crippen LogP contribution in [0.2, 0.25) is 0 Å². The number of fused-ring (bicyclic) bond motifs is 1. The van der Waals surface area contributed by atoms with E-state index in [9.17, 15) is 4.79 Å². The van der Waals surface area contributed by atoms with E-state index in [0.29, 0.717) is 6.54 Å². The number of carbonyl (C=O) groups is 1. The molecular weight excluding hydrogens is 372 g/mol. The van der Waals surface area contributed by atoms with Crippen LogP contribution in [0.1, 0.15) is 5.56 Å². The summed E-state index contributed by atoms with van der Waals surface area (Å²) >= 11 is 1.67. The van der Waals surface area contributed by atoms with Crippen LogP contribution in [0.25, 0.3) is 0 Å². The Kier molecular flexibility index (Phi) is 5.68. The molecule has 5 nitrogen and oxygen atoms in total. The Morgan fingerprint density at radius 2 is 1.71 bits per heavy atom. The minimum absolute atomic E-state index is 0.0721. The number of para-hydroxylation sites is 1. The minimum Gasteiger partial charge on any atom is -0.454 e. The first-order valence-corrected chi connectivity index (χ1v) is 9.80. The number of rotatable bonds is 7. The summed E-state index contributed by atoms with van der Waals surface area (Å²) in [4.78, 5) is 14.5. The maximum Gasteiger partial charge on any atom is 0.239 e. The molecule has 0 unspecified atom stereocenters. The second-order valence-electron chi connectivity index (χ2n) is 6.23. The third-order valence-electron chi connectivity index (χ3n) is 4.22. The Morgan fingerprint density at radius 1 is 0.929 bits per heavy atom. The maximum absolute atomic E-state index is 12.3. The van der Waals surface area contributed by atoms with Crippen LogP contribution in [0.5, 0.6) is 11.5 Å². The van der Waals surface area contributed by atoms with Gasteiger partial charge >= 0.3 is 0 Å². The van der Waals surface area contributed by atoms with E-state index in [1.165, 1.54) is 0 Å². The van der Waals surface area contributed by atoms with E-state index >= 15 is 0 Å². The monoisotopic (exact) mass is 392 g/mol. The molecule has 0 atom stereocenters. The van der Waals surface area contributed by atoms with Gasteiger partial charge in [0.15, 0.2) is 11.5 Å². The van der Waals surface area contributed by atoms with Gasteiger partial charge in [-0.15, -0.1) is 0 Å². The van der Waals surface area contributed by atoms with Gasteiger partial charge in [0.25, 0.3) is 0 Å². The van der Waals surface area contributed by atoms with Gasteiger partial charge in [-0.1, -0.05) is 48.2 Å². The molecule has 142 valence electrons. The molecule has 0 spiro atoms. The smallest absolute Gasteiger partial charge is 0.239 e. The van der Waals surface area contributed by atoms with Crippen molar-refractivity contribution >= 4 is 23.4 Å². The number of benzene rings is 3. The second kappa shape index (κ2) is 8.71. The van der Waals surface area contributed by atoms with Gasteiger partial charge in [-0.2, -0.15) is 0 Å². The van der Waals surface area contributed by atoms with E-state index in [-0.39, 0.29) is 19.2 Å². The topological polar surface area (TPSA) is 59.6 Å². The molecule has 3 aromatic carbocycles. The molecule has 4 rings (SSSR count). The largest absolute Gasteiger partial charge is 0.454 e. The number of ether oxygens (including phenoxy) is 2. The van der Waals surface area contributed by atoms with Crippen molar-refractivity contribution in [1.82, 2.24) is 5.32 Å². The van der Waals surface area contributed by atoms with Crippen LogP contribution in [-0.4, -0.2) is 19.2 Å². The van der Waals surface area contributed by atoms with Crippen LogP contribution in [0.15, 0.2) is 82.6 Å². The Balaban J connectivity index is 1.31. The van der Waals surface area contributed by atoms with Gasteiger partial charge in [0.2, 0.25) is 12.7 Å². The van der Waals surface area contributed by atoms with Gasteiger partial charge in [0, 0.05) is 22.0 Å². The molecule has 0 aromatic heterocycles. The molecule has 0 aliphatic carbocycles. The molecule has 2 N–H and O–H groups in total. The minimum atomic E-state index is -0.0721. The number of amides is 1. The zero-order valence-electron chi connectivity index (χ0n) is 15.2. The quantitative estimate of drug-likeness (QED) is 0.628. The van der Waals surface area contributed by atoms with Crippen molar-refractivity contribution in [2.45, 2.75) is 16.3 Å². The van der Waals surface area contributed by atoms with Crippen LogP contribution in [0, 0.1) is 0 Å². The van der Waals surface area contributed by atoms with Crippen LogP contribution in [-0.2, 0) is 11.3 Å². The summed E-state index contributed by atoms with van der Waals surface area (Å²) in [7, 11) is 0. The first kappa shape index (κ1) is 18.3. The first-order chi connectivity index (χ1) is 13.8. The van der Waals surface area contributed by atoms with Gasteiger partial charge < -0.3 is 20.1 Å². The summed E-state index contributed by atoms with van der Waals surface area (Å²) in [6, 6.07) is 23.8. The molecular formula is C22H20N2O3S. The number of carbonyl (C=O) groups excluding carboxylic acids is 1. The van der Waals surface area contributed by atoms with Crippen molar-refractivity contribution < 1.29 is 14.3 Å². The van der Waals surface area contributed by atoms with E-state index in [4.69, 9.17) is 9.47 Å².